The Bertz CT molecular complexity index is 340. The number of rotatable bonds is 3. The van der Waals surface area contributed by atoms with Crippen LogP contribution in [-0.4, -0.2) is 25.4 Å². The van der Waals surface area contributed by atoms with Crippen molar-refractivity contribution >= 4 is 5.69 Å². The van der Waals surface area contributed by atoms with Crippen molar-refractivity contribution in [1.29, 1.82) is 0 Å². The smallest absolute Gasteiger partial charge is 0.119 e. The summed E-state index contributed by atoms with van der Waals surface area (Å²) in [6.45, 7) is 4.21. The van der Waals surface area contributed by atoms with Crippen LogP contribution in [0.3, 0.4) is 0 Å². The zero-order valence-corrected chi connectivity index (χ0v) is 10.8. The first-order chi connectivity index (χ1) is 8.17. The summed E-state index contributed by atoms with van der Waals surface area (Å²) in [5, 5.41) is 3.10. The highest BCUT2D eigenvalue weighted by atomic mass is 16.5. The molecule has 0 amide bonds. The highest BCUT2D eigenvalue weighted by Gasteiger charge is 2.25. The van der Waals surface area contributed by atoms with Crippen molar-refractivity contribution < 1.29 is 9.47 Å². The molecule has 17 heavy (non-hydrogen) atoms. The standard InChI is InChI=1S/C14H21NO2/c1-10-8-14(9-11(2)16-10)17-13-6-4-12(15-3)5-7-13/h4-7,10-11,14-15H,8-9H2,1-3H3. The molecule has 2 atom stereocenters. The van der Waals surface area contributed by atoms with Crippen LogP contribution < -0.4 is 10.1 Å². The fraction of sp³-hybridized carbons (Fsp3) is 0.571. The first-order valence-corrected chi connectivity index (χ1v) is 6.27. The van der Waals surface area contributed by atoms with E-state index in [4.69, 9.17) is 9.47 Å². The van der Waals surface area contributed by atoms with E-state index in [9.17, 15) is 0 Å². The maximum atomic E-state index is 5.99. The van der Waals surface area contributed by atoms with Crippen LogP contribution in [0.15, 0.2) is 24.3 Å². The molecular formula is C14H21NO2. The lowest BCUT2D eigenvalue weighted by atomic mass is 10.0. The SMILES string of the molecule is CNc1ccc(OC2CC(C)OC(C)C2)cc1. The van der Waals surface area contributed by atoms with Gasteiger partial charge in [-0.1, -0.05) is 0 Å². The number of anilines is 1. The molecular weight excluding hydrogens is 214 g/mol. The first-order valence-electron chi connectivity index (χ1n) is 6.27. The molecule has 1 aromatic carbocycles. The average Bonchev–Trinajstić information content (AvgIpc) is 2.28. The Hall–Kier alpha value is -1.22. The topological polar surface area (TPSA) is 30.5 Å². The third-order valence-corrected chi connectivity index (χ3v) is 3.10. The summed E-state index contributed by atoms with van der Waals surface area (Å²) in [5.41, 5.74) is 1.10. The van der Waals surface area contributed by atoms with Gasteiger partial charge in [-0.15, -0.1) is 0 Å². The third kappa shape index (κ3) is 3.37. The number of hydrogen-bond donors (Lipinski definition) is 1. The molecule has 1 aliphatic rings. The minimum absolute atomic E-state index is 0.272. The number of hydrogen-bond acceptors (Lipinski definition) is 3. The molecule has 94 valence electrons. The molecule has 0 aliphatic carbocycles. The molecule has 0 aromatic heterocycles. The number of ether oxygens (including phenoxy) is 2. The van der Waals surface area contributed by atoms with Gasteiger partial charge in [-0.25, -0.2) is 0 Å². The second kappa shape index (κ2) is 5.41. The van der Waals surface area contributed by atoms with Crippen molar-refractivity contribution in [2.75, 3.05) is 12.4 Å². The van der Waals surface area contributed by atoms with Crippen LogP contribution in [0.2, 0.25) is 0 Å². The minimum atomic E-state index is 0.272. The summed E-state index contributed by atoms with van der Waals surface area (Å²) in [5.74, 6) is 0.940. The highest BCUT2D eigenvalue weighted by molar-refractivity contribution is 5.45. The predicted molar refractivity (Wildman–Crippen MR) is 69.6 cm³/mol. The van der Waals surface area contributed by atoms with Crippen LogP contribution in [0.4, 0.5) is 5.69 Å². The van der Waals surface area contributed by atoms with E-state index < -0.39 is 0 Å². The van der Waals surface area contributed by atoms with Crippen LogP contribution in [0.25, 0.3) is 0 Å². The van der Waals surface area contributed by atoms with E-state index in [1.54, 1.807) is 0 Å². The van der Waals surface area contributed by atoms with Gasteiger partial charge < -0.3 is 14.8 Å². The largest absolute Gasteiger partial charge is 0.490 e. The summed E-state index contributed by atoms with van der Waals surface area (Å²) in [7, 11) is 1.91. The molecule has 2 unspecified atom stereocenters. The van der Waals surface area contributed by atoms with Gasteiger partial charge in [-0.3, -0.25) is 0 Å². The second-order valence-corrected chi connectivity index (χ2v) is 4.74. The van der Waals surface area contributed by atoms with Crippen molar-refractivity contribution in [3.63, 3.8) is 0 Å². The Kier molecular flexibility index (Phi) is 3.89. The van der Waals surface area contributed by atoms with Crippen molar-refractivity contribution in [2.24, 2.45) is 0 Å². The van der Waals surface area contributed by atoms with Gasteiger partial charge in [0, 0.05) is 25.6 Å². The Morgan fingerprint density at radius 2 is 1.71 bits per heavy atom. The Balaban J connectivity index is 1.95. The Labute approximate surface area is 103 Å². The second-order valence-electron chi connectivity index (χ2n) is 4.74. The Morgan fingerprint density at radius 3 is 2.24 bits per heavy atom. The van der Waals surface area contributed by atoms with Crippen LogP contribution in [0, 0.1) is 0 Å². The minimum Gasteiger partial charge on any atom is -0.490 e. The molecule has 0 spiro atoms. The summed E-state index contributed by atoms with van der Waals surface area (Å²) in [4.78, 5) is 0. The van der Waals surface area contributed by atoms with Crippen molar-refractivity contribution in [3.05, 3.63) is 24.3 Å². The van der Waals surface area contributed by atoms with E-state index in [2.05, 4.69) is 19.2 Å². The predicted octanol–water partition coefficient (Wildman–Crippen LogP) is 3.06. The van der Waals surface area contributed by atoms with E-state index in [1.165, 1.54) is 0 Å². The highest BCUT2D eigenvalue weighted by Crippen LogP contribution is 2.24. The van der Waals surface area contributed by atoms with E-state index in [-0.39, 0.29) is 6.10 Å². The first kappa shape index (κ1) is 12.2. The molecule has 3 heteroatoms. The zero-order valence-electron chi connectivity index (χ0n) is 10.8. The van der Waals surface area contributed by atoms with Crippen LogP contribution in [-0.2, 0) is 4.74 Å². The summed E-state index contributed by atoms with van der Waals surface area (Å²) in [6, 6.07) is 8.08. The van der Waals surface area contributed by atoms with E-state index in [1.807, 2.05) is 31.3 Å². The van der Waals surface area contributed by atoms with Crippen molar-refractivity contribution in [1.82, 2.24) is 0 Å². The van der Waals surface area contributed by atoms with Gasteiger partial charge in [-0.2, -0.15) is 0 Å². The molecule has 1 aliphatic heterocycles. The van der Waals surface area contributed by atoms with Crippen molar-refractivity contribution in [3.8, 4) is 5.75 Å². The van der Waals surface area contributed by atoms with Crippen LogP contribution in [0.5, 0.6) is 5.75 Å². The lowest BCUT2D eigenvalue weighted by molar-refractivity contribution is -0.0721. The van der Waals surface area contributed by atoms with Gasteiger partial charge in [0.2, 0.25) is 0 Å². The lowest BCUT2D eigenvalue weighted by Crippen LogP contribution is -2.35. The fourth-order valence-electron chi connectivity index (χ4n) is 2.33. The van der Waals surface area contributed by atoms with Gasteiger partial charge in [0.1, 0.15) is 11.9 Å². The normalized spacial score (nSPS) is 28.8. The van der Waals surface area contributed by atoms with Crippen LogP contribution in [0.1, 0.15) is 26.7 Å². The van der Waals surface area contributed by atoms with E-state index >= 15 is 0 Å². The molecule has 0 radical (unpaired) electrons. The maximum absolute atomic E-state index is 5.99. The van der Waals surface area contributed by atoms with E-state index in [0.29, 0.717) is 12.2 Å². The summed E-state index contributed by atoms with van der Waals surface area (Å²) < 4.78 is 11.7. The van der Waals surface area contributed by atoms with Crippen molar-refractivity contribution in [2.45, 2.75) is 45.0 Å². The molecule has 1 saturated heterocycles. The zero-order chi connectivity index (χ0) is 12.3. The molecule has 0 saturated carbocycles. The van der Waals surface area contributed by atoms with Gasteiger partial charge in [0.05, 0.1) is 12.2 Å². The maximum Gasteiger partial charge on any atom is 0.119 e. The van der Waals surface area contributed by atoms with Crippen LogP contribution >= 0.6 is 0 Å². The quantitative estimate of drug-likeness (QED) is 0.873. The summed E-state index contributed by atoms with van der Waals surface area (Å²) >= 11 is 0. The monoisotopic (exact) mass is 235 g/mol. The summed E-state index contributed by atoms with van der Waals surface area (Å²) in [6.07, 6.45) is 2.80. The van der Waals surface area contributed by atoms with Gasteiger partial charge in [0.15, 0.2) is 0 Å². The molecule has 1 heterocycles. The molecule has 1 fully saturated rings. The van der Waals surface area contributed by atoms with E-state index in [0.717, 1.165) is 24.3 Å². The van der Waals surface area contributed by atoms with Gasteiger partial charge in [-0.05, 0) is 38.1 Å². The third-order valence-electron chi connectivity index (χ3n) is 3.10. The van der Waals surface area contributed by atoms with Gasteiger partial charge in [0.25, 0.3) is 0 Å². The molecule has 1 aromatic rings. The number of benzene rings is 1. The molecule has 1 N–H and O–H groups in total. The fourth-order valence-corrected chi connectivity index (χ4v) is 2.33. The lowest BCUT2D eigenvalue weighted by Gasteiger charge is -2.32. The molecule has 3 nitrogen and oxygen atoms in total. The Morgan fingerprint density at radius 1 is 1.12 bits per heavy atom. The van der Waals surface area contributed by atoms with Gasteiger partial charge >= 0.3 is 0 Å². The average molecular weight is 235 g/mol. The molecule has 0 bridgehead atoms. The molecule has 2 rings (SSSR count). The number of nitrogens with one attached hydrogen (secondary N) is 1.